The molecule has 2 aliphatic heterocycles. The Morgan fingerprint density at radius 1 is 1.22 bits per heavy atom. The van der Waals surface area contributed by atoms with E-state index in [0.29, 0.717) is 17.9 Å². The molecule has 0 bridgehead atoms. The van der Waals surface area contributed by atoms with E-state index in [0.717, 1.165) is 17.8 Å². The summed E-state index contributed by atoms with van der Waals surface area (Å²) in [4.78, 5) is 2.68. The Morgan fingerprint density at radius 2 is 2.00 bits per heavy atom. The quantitative estimate of drug-likeness (QED) is 0.705. The van der Waals surface area contributed by atoms with E-state index in [4.69, 9.17) is 4.74 Å². The van der Waals surface area contributed by atoms with Crippen molar-refractivity contribution in [2.24, 2.45) is 17.8 Å². The summed E-state index contributed by atoms with van der Waals surface area (Å²) in [6, 6.07) is 0. The molecule has 2 heteroatoms. The second kappa shape index (κ2) is 4.49. The molecule has 3 aliphatic rings. The molecule has 2 saturated heterocycles. The fourth-order valence-electron chi connectivity index (χ4n) is 4.62. The second-order valence-corrected chi connectivity index (χ2v) is 7.47. The van der Waals surface area contributed by atoms with Gasteiger partial charge in [-0.25, -0.2) is 0 Å². The van der Waals surface area contributed by atoms with Crippen LogP contribution in [-0.4, -0.2) is 29.3 Å². The first-order chi connectivity index (χ1) is 8.52. The number of nitrogens with zero attached hydrogens (tertiary/aromatic N) is 1. The molecule has 0 amide bonds. The van der Waals surface area contributed by atoms with Crippen LogP contribution in [0.5, 0.6) is 0 Å². The summed E-state index contributed by atoms with van der Waals surface area (Å²) in [7, 11) is 0. The van der Waals surface area contributed by atoms with Crippen LogP contribution in [0.25, 0.3) is 0 Å². The zero-order valence-corrected chi connectivity index (χ0v) is 12.5. The number of rotatable bonds is 1. The van der Waals surface area contributed by atoms with Gasteiger partial charge in [-0.1, -0.05) is 26.7 Å². The number of fused-ring (bicyclic) bond motifs is 2. The maximum atomic E-state index is 6.48. The minimum Gasteiger partial charge on any atom is -0.360 e. The van der Waals surface area contributed by atoms with E-state index in [1.54, 1.807) is 0 Å². The van der Waals surface area contributed by atoms with Crippen molar-refractivity contribution in [2.75, 3.05) is 6.54 Å². The molecule has 0 unspecified atom stereocenters. The molecule has 0 aromatic rings. The van der Waals surface area contributed by atoms with Crippen LogP contribution < -0.4 is 0 Å². The van der Waals surface area contributed by atoms with Gasteiger partial charge in [0.2, 0.25) is 0 Å². The molecule has 0 aromatic carbocycles. The number of hydrogen-bond donors (Lipinski definition) is 0. The molecule has 0 spiro atoms. The Kier molecular flexibility index (Phi) is 3.22. The van der Waals surface area contributed by atoms with Gasteiger partial charge in [0.05, 0.1) is 6.10 Å². The Balaban J connectivity index is 1.82. The highest BCUT2D eigenvalue weighted by atomic mass is 16.5. The predicted molar refractivity (Wildman–Crippen MR) is 74.3 cm³/mol. The monoisotopic (exact) mass is 251 g/mol. The van der Waals surface area contributed by atoms with Crippen LogP contribution in [0.15, 0.2) is 0 Å². The van der Waals surface area contributed by atoms with Crippen LogP contribution in [0, 0.1) is 17.8 Å². The molecule has 1 saturated carbocycles. The molecule has 0 radical (unpaired) electrons. The molecule has 18 heavy (non-hydrogen) atoms. The first-order valence-corrected chi connectivity index (χ1v) is 7.94. The van der Waals surface area contributed by atoms with Crippen LogP contribution >= 0.6 is 0 Å². The van der Waals surface area contributed by atoms with Crippen molar-refractivity contribution in [3.63, 3.8) is 0 Å². The summed E-state index contributed by atoms with van der Waals surface area (Å²) in [5, 5.41) is 0. The van der Waals surface area contributed by atoms with Crippen molar-refractivity contribution in [1.29, 1.82) is 0 Å². The summed E-state index contributed by atoms with van der Waals surface area (Å²) >= 11 is 0. The van der Waals surface area contributed by atoms with Crippen LogP contribution in [0.4, 0.5) is 0 Å². The molecule has 2 heterocycles. The third-order valence-corrected chi connectivity index (χ3v) is 5.95. The van der Waals surface area contributed by atoms with Gasteiger partial charge in [0.1, 0.15) is 6.23 Å². The maximum absolute atomic E-state index is 6.48. The number of hydrogen-bond acceptors (Lipinski definition) is 2. The highest BCUT2D eigenvalue weighted by Crippen LogP contribution is 2.48. The highest BCUT2D eigenvalue weighted by Gasteiger charge is 2.53. The SMILES string of the molecule is CC[C@@H]1C[C@@H]2O[C@@H]3C[C@H](C)CC[C@H]3C(C)(C)N2C1. The third-order valence-electron chi connectivity index (χ3n) is 5.95. The zero-order valence-electron chi connectivity index (χ0n) is 12.5. The summed E-state index contributed by atoms with van der Waals surface area (Å²) in [5.41, 5.74) is 0.345. The highest BCUT2D eigenvalue weighted by molar-refractivity contribution is 5.03. The third kappa shape index (κ3) is 1.92. The van der Waals surface area contributed by atoms with Gasteiger partial charge in [-0.2, -0.15) is 0 Å². The lowest BCUT2D eigenvalue weighted by Gasteiger charge is -2.55. The lowest BCUT2D eigenvalue weighted by molar-refractivity contribution is -0.217. The van der Waals surface area contributed by atoms with Gasteiger partial charge in [0.25, 0.3) is 0 Å². The van der Waals surface area contributed by atoms with Gasteiger partial charge in [0, 0.05) is 18.0 Å². The molecule has 2 nitrogen and oxygen atoms in total. The van der Waals surface area contributed by atoms with Crippen molar-refractivity contribution < 1.29 is 4.74 Å². The van der Waals surface area contributed by atoms with Gasteiger partial charge in [0.15, 0.2) is 0 Å². The van der Waals surface area contributed by atoms with E-state index in [9.17, 15) is 0 Å². The predicted octanol–water partition coefficient (Wildman–Crippen LogP) is 3.66. The lowest BCUT2D eigenvalue weighted by atomic mass is 9.70. The van der Waals surface area contributed by atoms with E-state index < -0.39 is 0 Å². The number of ether oxygens (including phenoxy) is 1. The molecule has 5 atom stereocenters. The summed E-state index contributed by atoms with van der Waals surface area (Å²) < 4.78 is 6.48. The molecule has 3 rings (SSSR count). The van der Waals surface area contributed by atoms with Gasteiger partial charge in [-0.05, 0) is 44.9 Å². The lowest BCUT2D eigenvalue weighted by Crippen LogP contribution is -2.62. The molecule has 0 aromatic heterocycles. The minimum absolute atomic E-state index is 0.345. The first-order valence-electron chi connectivity index (χ1n) is 7.94. The Hall–Kier alpha value is -0.0800. The first kappa shape index (κ1) is 12.9. The van der Waals surface area contributed by atoms with Crippen molar-refractivity contribution in [2.45, 2.75) is 77.7 Å². The second-order valence-electron chi connectivity index (χ2n) is 7.47. The van der Waals surface area contributed by atoms with Crippen molar-refractivity contribution in [3.8, 4) is 0 Å². The summed E-state index contributed by atoms with van der Waals surface area (Å²) in [5.74, 6) is 2.46. The molecule has 3 fully saturated rings. The van der Waals surface area contributed by atoms with Gasteiger partial charge in [-0.15, -0.1) is 0 Å². The van der Waals surface area contributed by atoms with Crippen molar-refractivity contribution in [1.82, 2.24) is 4.90 Å². The largest absolute Gasteiger partial charge is 0.360 e. The topological polar surface area (TPSA) is 12.5 Å². The fraction of sp³-hybridized carbons (Fsp3) is 1.00. The molecular formula is C16H29NO. The minimum atomic E-state index is 0.345. The zero-order chi connectivity index (χ0) is 12.9. The van der Waals surface area contributed by atoms with Gasteiger partial charge in [-0.3, -0.25) is 4.90 Å². The molecular weight excluding hydrogens is 222 g/mol. The van der Waals surface area contributed by atoms with Gasteiger partial charge < -0.3 is 4.74 Å². The van der Waals surface area contributed by atoms with Crippen LogP contribution in [0.1, 0.15) is 59.8 Å². The standard InChI is InChI=1S/C16H29NO/c1-5-12-9-15-17(10-12)16(3,4)13-7-6-11(2)8-14(13)18-15/h11-15H,5-10H2,1-4H3/t11-,12-,13-,14-,15+/m1/s1. The fourth-order valence-corrected chi connectivity index (χ4v) is 4.62. The van der Waals surface area contributed by atoms with Crippen molar-refractivity contribution >= 4 is 0 Å². The molecule has 104 valence electrons. The van der Waals surface area contributed by atoms with Crippen LogP contribution in [-0.2, 0) is 4.74 Å². The summed E-state index contributed by atoms with van der Waals surface area (Å²) in [6.45, 7) is 10.9. The maximum Gasteiger partial charge on any atom is 0.111 e. The molecule has 1 aliphatic carbocycles. The average Bonchev–Trinajstić information content (AvgIpc) is 2.72. The average molecular weight is 251 g/mol. The van der Waals surface area contributed by atoms with E-state index >= 15 is 0 Å². The smallest absolute Gasteiger partial charge is 0.111 e. The van der Waals surface area contributed by atoms with E-state index in [2.05, 4.69) is 32.6 Å². The Morgan fingerprint density at radius 3 is 2.72 bits per heavy atom. The van der Waals surface area contributed by atoms with E-state index in [1.165, 1.54) is 38.6 Å². The van der Waals surface area contributed by atoms with Gasteiger partial charge >= 0.3 is 0 Å². The van der Waals surface area contributed by atoms with Crippen molar-refractivity contribution in [3.05, 3.63) is 0 Å². The summed E-state index contributed by atoms with van der Waals surface area (Å²) in [6.07, 6.45) is 7.55. The van der Waals surface area contributed by atoms with E-state index in [-0.39, 0.29) is 0 Å². The Bertz CT molecular complexity index is 310. The van der Waals surface area contributed by atoms with Crippen LogP contribution in [0.3, 0.4) is 0 Å². The Labute approximate surface area is 112 Å². The van der Waals surface area contributed by atoms with Crippen LogP contribution in [0.2, 0.25) is 0 Å². The molecule has 0 N–H and O–H groups in total. The van der Waals surface area contributed by atoms with E-state index in [1.807, 2.05) is 0 Å². The normalized spacial score (nSPS) is 47.7.